The van der Waals surface area contributed by atoms with E-state index in [-0.39, 0.29) is 22.4 Å². The molecule has 0 aliphatic heterocycles. The number of phenolic OH excluding ortho intramolecular Hbond substituents is 1. The van der Waals surface area contributed by atoms with Gasteiger partial charge < -0.3 is 14.9 Å². The second-order valence-corrected chi connectivity index (χ2v) is 3.88. The van der Waals surface area contributed by atoms with Gasteiger partial charge in [-0.15, -0.1) is 0 Å². The fourth-order valence-electron chi connectivity index (χ4n) is 1.78. The van der Waals surface area contributed by atoms with Crippen LogP contribution in [-0.4, -0.2) is 23.3 Å². The quantitative estimate of drug-likeness (QED) is 0.892. The number of hydrogen-bond acceptors (Lipinski definition) is 3. The first-order valence-corrected chi connectivity index (χ1v) is 5.43. The molecule has 2 N–H and O–H groups in total. The van der Waals surface area contributed by atoms with Gasteiger partial charge >= 0.3 is 5.97 Å². The summed E-state index contributed by atoms with van der Waals surface area (Å²) in [5, 5.41) is 18.9. The molecule has 98 valence electrons. The van der Waals surface area contributed by atoms with E-state index in [2.05, 4.69) is 0 Å². The van der Waals surface area contributed by atoms with Gasteiger partial charge in [-0.1, -0.05) is 0 Å². The van der Waals surface area contributed by atoms with Gasteiger partial charge in [0.2, 0.25) is 0 Å². The number of benzene rings is 2. The van der Waals surface area contributed by atoms with E-state index in [1.54, 1.807) is 0 Å². The maximum atomic E-state index is 13.3. The highest BCUT2D eigenvalue weighted by Gasteiger charge is 2.16. The molecule has 2 aromatic rings. The van der Waals surface area contributed by atoms with Crippen molar-refractivity contribution < 1.29 is 24.1 Å². The van der Waals surface area contributed by atoms with Gasteiger partial charge in [0.25, 0.3) is 0 Å². The first-order chi connectivity index (χ1) is 9.02. The van der Waals surface area contributed by atoms with Crippen LogP contribution in [0.1, 0.15) is 10.4 Å². The predicted octanol–water partition coefficient (Wildman–Crippen LogP) is 2.91. The fraction of sp³-hybridized carbons (Fsp3) is 0.0714. The second-order valence-electron chi connectivity index (χ2n) is 3.88. The van der Waals surface area contributed by atoms with Crippen molar-refractivity contribution in [1.82, 2.24) is 0 Å². The number of aromatic hydroxyl groups is 1. The second kappa shape index (κ2) is 4.97. The Bertz CT molecular complexity index is 637. The SMILES string of the molecule is COc1ccc(C(=O)O)c(-c2cc(F)ccc2O)c1. The smallest absolute Gasteiger partial charge is 0.336 e. The van der Waals surface area contributed by atoms with Crippen molar-refractivity contribution in [3.8, 4) is 22.6 Å². The summed E-state index contributed by atoms with van der Waals surface area (Å²) in [4.78, 5) is 11.2. The molecule has 2 rings (SSSR count). The number of carboxylic acid groups (broad SMARTS) is 1. The van der Waals surface area contributed by atoms with E-state index >= 15 is 0 Å². The van der Waals surface area contributed by atoms with Crippen LogP contribution >= 0.6 is 0 Å². The molecule has 0 amide bonds. The molecular formula is C14H11FO4. The number of hydrogen-bond donors (Lipinski definition) is 2. The Morgan fingerprint density at radius 2 is 1.89 bits per heavy atom. The molecule has 0 fully saturated rings. The number of halogens is 1. The summed E-state index contributed by atoms with van der Waals surface area (Å²) < 4.78 is 18.3. The van der Waals surface area contributed by atoms with Crippen LogP contribution in [0.3, 0.4) is 0 Å². The molecule has 0 aliphatic carbocycles. The Kier molecular flexibility index (Phi) is 3.37. The highest BCUT2D eigenvalue weighted by atomic mass is 19.1. The Morgan fingerprint density at radius 3 is 2.53 bits per heavy atom. The number of carboxylic acids is 1. The van der Waals surface area contributed by atoms with Crippen LogP contribution < -0.4 is 4.74 Å². The molecule has 2 aromatic carbocycles. The molecule has 0 spiro atoms. The first-order valence-electron chi connectivity index (χ1n) is 5.43. The molecule has 5 heteroatoms. The molecular weight excluding hydrogens is 251 g/mol. The van der Waals surface area contributed by atoms with Gasteiger partial charge in [0.05, 0.1) is 12.7 Å². The van der Waals surface area contributed by atoms with E-state index in [4.69, 9.17) is 9.84 Å². The van der Waals surface area contributed by atoms with Crippen LogP contribution in [-0.2, 0) is 0 Å². The molecule has 0 aliphatic rings. The summed E-state index contributed by atoms with van der Waals surface area (Å²) in [6, 6.07) is 7.63. The van der Waals surface area contributed by atoms with Crippen molar-refractivity contribution in [1.29, 1.82) is 0 Å². The highest BCUT2D eigenvalue weighted by Crippen LogP contribution is 2.34. The normalized spacial score (nSPS) is 10.2. The van der Waals surface area contributed by atoms with E-state index in [9.17, 15) is 14.3 Å². The molecule has 0 unspecified atom stereocenters. The van der Waals surface area contributed by atoms with Crippen molar-refractivity contribution in [2.24, 2.45) is 0 Å². The standard InChI is InChI=1S/C14H11FO4/c1-19-9-3-4-10(14(17)18)11(7-9)12-6-8(15)2-5-13(12)16/h2-7,16H,1H3,(H,17,18). The maximum absolute atomic E-state index is 13.3. The molecule has 19 heavy (non-hydrogen) atoms. The predicted molar refractivity (Wildman–Crippen MR) is 67.0 cm³/mol. The van der Waals surface area contributed by atoms with Crippen LogP contribution in [0.4, 0.5) is 4.39 Å². The number of rotatable bonds is 3. The summed E-state index contributed by atoms with van der Waals surface area (Å²) in [5.74, 6) is -1.51. The van der Waals surface area contributed by atoms with Gasteiger partial charge in [0.15, 0.2) is 0 Å². The molecule has 0 saturated heterocycles. The fourth-order valence-corrected chi connectivity index (χ4v) is 1.78. The Balaban J connectivity index is 2.71. The van der Waals surface area contributed by atoms with E-state index in [1.807, 2.05) is 0 Å². The number of phenols is 1. The molecule has 0 aromatic heterocycles. The zero-order valence-electron chi connectivity index (χ0n) is 10.1. The summed E-state index contributed by atoms with van der Waals surface area (Å²) in [7, 11) is 1.44. The average molecular weight is 262 g/mol. The number of carbonyl (C=O) groups is 1. The van der Waals surface area contributed by atoms with E-state index in [0.29, 0.717) is 5.75 Å². The van der Waals surface area contributed by atoms with E-state index < -0.39 is 11.8 Å². The third kappa shape index (κ3) is 2.49. The van der Waals surface area contributed by atoms with Crippen molar-refractivity contribution in [2.75, 3.05) is 7.11 Å². The lowest BCUT2D eigenvalue weighted by Gasteiger charge is -2.10. The lowest BCUT2D eigenvalue weighted by Crippen LogP contribution is -2.00. The van der Waals surface area contributed by atoms with Crippen LogP contribution in [0.5, 0.6) is 11.5 Å². The largest absolute Gasteiger partial charge is 0.507 e. The molecule has 4 nitrogen and oxygen atoms in total. The van der Waals surface area contributed by atoms with Gasteiger partial charge in [-0.05, 0) is 36.4 Å². The molecule has 0 atom stereocenters. The Hall–Kier alpha value is -2.56. The molecule has 0 radical (unpaired) electrons. The Labute approximate surface area is 108 Å². The van der Waals surface area contributed by atoms with Gasteiger partial charge in [-0.3, -0.25) is 0 Å². The van der Waals surface area contributed by atoms with E-state index in [1.165, 1.54) is 31.4 Å². The third-order valence-corrected chi connectivity index (χ3v) is 2.71. The van der Waals surface area contributed by atoms with Crippen LogP contribution in [0.2, 0.25) is 0 Å². The van der Waals surface area contributed by atoms with Crippen molar-refractivity contribution in [3.05, 3.63) is 47.8 Å². The van der Waals surface area contributed by atoms with E-state index in [0.717, 1.165) is 12.1 Å². The minimum atomic E-state index is -1.17. The number of ether oxygens (including phenoxy) is 1. The lowest BCUT2D eigenvalue weighted by atomic mass is 9.98. The number of methoxy groups -OCH3 is 1. The van der Waals surface area contributed by atoms with Crippen molar-refractivity contribution in [2.45, 2.75) is 0 Å². The molecule has 0 saturated carbocycles. The summed E-state index contributed by atoms with van der Waals surface area (Å²) in [6.07, 6.45) is 0. The first kappa shape index (κ1) is 12.9. The highest BCUT2D eigenvalue weighted by molar-refractivity contribution is 5.97. The monoisotopic (exact) mass is 262 g/mol. The van der Waals surface area contributed by atoms with Gasteiger partial charge in [-0.25, -0.2) is 9.18 Å². The van der Waals surface area contributed by atoms with Crippen LogP contribution in [0, 0.1) is 5.82 Å². The minimum Gasteiger partial charge on any atom is -0.507 e. The number of aromatic carboxylic acids is 1. The molecule has 0 heterocycles. The molecule has 0 bridgehead atoms. The zero-order valence-corrected chi connectivity index (χ0v) is 10.1. The van der Waals surface area contributed by atoms with Crippen molar-refractivity contribution >= 4 is 5.97 Å². The lowest BCUT2D eigenvalue weighted by molar-refractivity contribution is 0.0697. The van der Waals surface area contributed by atoms with Crippen molar-refractivity contribution in [3.63, 3.8) is 0 Å². The summed E-state index contributed by atoms with van der Waals surface area (Å²) in [6.45, 7) is 0. The average Bonchev–Trinajstić information content (AvgIpc) is 2.40. The Morgan fingerprint density at radius 1 is 1.16 bits per heavy atom. The summed E-state index contributed by atoms with van der Waals surface area (Å²) in [5.41, 5.74) is 0.266. The third-order valence-electron chi connectivity index (χ3n) is 2.71. The topological polar surface area (TPSA) is 66.8 Å². The maximum Gasteiger partial charge on any atom is 0.336 e. The van der Waals surface area contributed by atoms with Crippen LogP contribution in [0.25, 0.3) is 11.1 Å². The van der Waals surface area contributed by atoms with Gasteiger partial charge in [0, 0.05) is 11.1 Å². The van der Waals surface area contributed by atoms with Gasteiger partial charge in [-0.2, -0.15) is 0 Å². The minimum absolute atomic E-state index is 0.0401. The van der Waals surface area contributed by atoms with Gasteiger partial charge in [0.1, 0.15) is 17.3 Å². The van der Waals surface area contributed by atoms with Crippen LogP contribution in [0.15, 0.2) is 36.4 Å². The zero-order chi connectivity index (χ0) is 14.0. The summed E-state index contributed by atoms with van der Waals surface area (Å²) >= 11 is 0.